The van der Waals surface area contributed by atoms with Crippen LogP contribution in [0.1, 0.15) is 41.0 Å². The van der Waals surface area contributed by atoms with Crippen molar-refractivity contribution in [1.29, 1.82) is 0 Å². The summed E-state index contributed by atoms with van der Waals surface area (Å²) < 4.78 is 5.04. The van der Waals surface area contributed by atoms with Gasteiger partial charge in [-0.2, -0.15) is 5.32 Å². The molecule has 3 N–H and O–H groups in total. The van der Waals surface area contributed by atoms with Gasteiger partial charge in [-0.1, -0.05) is 6.92 Å². The van der Waals surface area contributed by atoms with Crippen LogP contribution in [0.2, 0.25) is 0 Å². The van der Waals surface area contributed by atoms with Gasteiger partial charge in [0.1, 0.15) is 17.5 Å². The first kappa shape index (κ1) is 19.2. The summed E-state index contributed by atoms with van der Waals surface area (Å²) >= 11 is 0.944. The highest BCUT2D eigenvalue weighted by Crippen LogP contribution is 2.25. The Hall–Kier alpha value is -3.14. The Morgan fingerprint density at radius 1 is 1.27 bits per heavy atom. The molecule has 0 fully saturated rings. The number of esters is 1. The molecule has 1 aromatic heterocycles. The summed E-state index contributed by atoms with van der Waals surface area (Å²) in [5, 5.41) is 8.44. The van der Waals surface area contributed by atoms with E-state index in [0.29, 0.717) is 6.54 Å². The molecular formula is C16H17N4O5S+. The van der Waals surface area contributed by atoms with Crippen LogP contribution >= 0.6 is 11.3 Å². The summed E-state index contributed by atoms with van der Waals surface area (Å²) in [6.07, 6.45) is 2.11. The topological polar surface area (TPSA) is 128 Å². The molecule has 1 aromatic carbocycles. The van der Waals surface area contributed by atoms with Crippen molar-refractivity contribution in [1.82, 2.24) is 5.32 Å². The number of aromatic nitrogens is 1. The molecule has 26 heavy (non-hydrogen) atoms. The number of carbonyl (C=O) groups excluding carboxylic acids is 3. The van der Waals surface area contributed by atoms with Crippen LogP contribution < -0.4 is 20.4 Å². The number of thiazole rings is 1. The largest absolute Gasteiger partial charge is 0.426 e. The van der Waals surface area contributed by atoms with Crippen LogP contribution in [-0.4, -0.2) is 24.3 Å². The molecule has 2 aromatic rings. The van der Waals surface area contributed by atoms with Crippen molar-refractivity contribution in [3.63, 3.8) is 0 Å². The zero-order chi connectivity index (χ0) is 19.1. The number of benzene rings is 1. The fraction of sp³-hybridized carbons (Fsp3) is 0.250. The van der Waals surface area contributed by atoms with Gasteiger partial charge in [-0.25, -0.2) is 9.78 Å². The van der Waals surface area contributed by atoms with E-state index < -0.39 is 11.9 Å². The van der Waals surface area contributed by atoms with Gasteiger partial charge in [0, 0.05) is 19.0 Å². The first-order valence-corrected chi connectivity index (χ1v) is 8.53. The predicted octanol–water partition coefficient (Wildman–Crippen LogP) is 2.28. The second kappa shape index (κ2) is 8.81. The summed E-state index contributed by atoms with van der Waals surface area (Å²) in [5.74, 6) is -1.53. The van der Waals surface area contributed by atoms with E-state index in [1.807, 2.05) is 6.92 Å². The number of nitrogens with zero attached hydrogens (tertiary/aromatic N) is 1. The summed E-state index contributed by atoms with van der Waals surface area (Å²) in [7, 11) is 0. The first-order valence-electron chi connectivity index (χ1n) is 7.71. The van der Waals surface area contributed by atoms with Crippen molar-refractivity contribution in [3.8, 4) is 5.75 Å². The lowest BCUT2D eigenvalue weighted by Gasteiger charge is -2.09. The molecule has 0 aliphatic rings. The summed E-state index contributed by atoms with van der Waals surface area (Å²) in [5.41, 5.74) is 0.261. The number of amides is 2. The molecule has 9 nitrogen and oxygen atoms in total. The second-order valence-electron chi connectivity index (χ2n) is 5.16. The quantitative estimate of drug-likeness (QED) is 0.434. The van der Waals surface area contributed by atoms with E-state index in [2.05, 4.69) is 20.8 Å². The van der Waals surface area contributed by atoms with Gasteiger partial charge in [0.15, 0.2) is 0 Å². The third-order valence-electron chi connectivity index (χ3n) is 3.13. The standard InChI is InChI=1S/C16H16N4O5S/c1-3-6-17-14(22)10-4-5-12(25-9(2)21)11(7-10)15(23)19-16-18-8-13(20-24)26-16/h4-5,7-8H,3,6H2,1-2H3,(H,17,22)(H,18,19,23)/p+1. The molecule has 0 saturated heterocycles. The minimum absolute atomic E-state index is 0.00626. The van der Waals surface area contributed by atoms with Crippen LogP contribution in [0.3, 0.4) is 0 Å². The van der Waals surface area contributed by atoms with Gasteiger partial charge in [0.2, 0.25) is 5.00 Å². The lowest BCUT2D eigenvalue weighted by Crippen LogP contribution is -2.25. The van der Waals surface area contributed by atoms with Crippen LogP contribution in [0.15, 0.2) is 29.6 Å². The maximum atomic E-state index is 12.5. The van der Waals surface area contributed by atoms with E-state index in [4.69, 9.17) is 4.74 Å². The number of hydrogen-bond acceptors (Lipinski definition) is 7. The first-order chi connectivity index (χ1) is 12.4. The number of aromatic amines is 1. The van der Waals surface area contributed by atoms with Crippen LogP contribution in [0, 0.1) is 4.91 Å². The molecule has 0 aliphatic heterocycles. The molecule has 0 unspecified atom stereocenters. The third-order valence-corrected chi connectivity index (χ3v) is 3.95. The van der Waals surface area contributed by atoms with Gasteiger partial charge in [0.25, 0.3) is 5.91 Å². The highest BCUT2D eigenvalue weighted by atomic mass is 32.1. The van der Waals surface area contributed by atoms with Gasteiger partial charge in [-0.05, 0) is 41.1 Å². The number of hydrogen-bond donors (Lipinski definition) is 2. The molecule has 0 spiro atoms. The number of ether oxygens (including phenoxy) is 1. The Balaban J connectivity index is 2.31. The van der Waals surface area contributed by atoms with Gasteiger partial charge in [0.05, 0.1) is 0 Å². The number of anilines is 1. The van der Waals surface area contributed by atoms with Crippen LogP contribution in [0.4, 0.5) is 10.1 Å². The van der Waals surface area contributed by atoms with Crippen molar-refractivity contribution in [2.75, 3.05) is 11.9 Å². The molecule has 2 rings (SSSR count). The van der Waals surface area contributed by atoms with Crippen LogP contribution in [-0.2, 0) is 4.79 Å². The molecule has 136 valence electrons. The maximum absolute atomic E-state index is 12.5. The molecular weight excluding hydrogens is 360 g/mol. The minimum atomic E-state index is -0.609. The highest BCUT2D eigenvalue weighted by molar-refractivity contribution is 7.18. The number of H-pyrrole nitrogens is 1. The Kier molecular flexibility index (Phi) is 6.50. The number of rotatable bonds is 7. The van der Waals surface area contributed by atoms with E-state index in [-0.39, 0.29) is 32.9 Å². The monoisotopic (exact) mass is 377 g/mol. The number of nitroso groups, excluding NO2 is 1. The minimum Gasteiger partial charge on any atom is -0.426 e. The Morgan fingerprint density at radius 3 is 2.65 bits per heavy atom. The van der Waals surface area contributed by atoms with Crippen molar-refractivity contribution in [3.05, 3.63) is 40.4 Å². The van der Waals surface area contributed by atoms with E-state index in [0.717, 1.165) is 17.8 Å². The van der Waals surface area contributed by atoms with Gasteiger partial charge in [-0.3, -0.25) is 9.59 Å². The van der Waals surface area contributed by atoms with Crippen LogP contribution in [0.5, 0.6) is 5.75 Å². The molecule has 0 radical (unpaired) electrons. The fourth-order valence-corrected chi connectivity index (χ4v) is 2.63. The molecule has 0 saturated carbocycles. The van der Waals surface area contributed by atoms with Crippen molar-refractivity contribution < 1.29 is 24.1 Å². The predicted molar refractivity (Wildman–Crippen MR) is 94.7 cm³/mol. The van der Waals surface area contributed by atoms with Gasteiger partial charge < -0.3 is 10.1 Å². The average molecular weight is 377 g/mol. The lowest BCUT2D eigenvalue weighted by molar-refractivity contribution is -0.353. The lowest BCUT2D eigenvalue weighted by atomic mass is 10.1. The zero-order valence-corrected chi connectivity index (χ0v) is 14.9. The second-order valence-corrected chi connectivity index (χ2v) is 6.19. The third kappa shape index (κ3) is 4.93. The Labute approximate surface area is 152 Å². The smallest absolute Gasteiger partial charge is 0.343 e. The highest BCUT2D eigenvalue weighted by Gasteiger charge is 2.22. The molecule has 0 atom stereocenters. The van der Waals surface area contributed by atoms with E-state index in [1.165, 1.54) is 31.3 Å². The van der Waals surface area contributed by atoms with Gasteiger partial charge >= 0.3 is 17.0 Å². The average Bonchev–Trinajstić information content (AvgIpc) is 3.07. The Morgan fingerprint density at radius 2 is 2.04 bits per heavy atom. The summed E-state index contributed by atoms with van der Waals surface area (Å²) in [6, 6.07) is 4.19. The molecule has 1 heterocycles. The SMILES string of the molecule is CCCNC(=O)c1ccc(OC(C)=O)c(C(=O)Nc2[nH+]cc(N=O)s2)c1. The fourth-order valence-electron chi connectivity index (χ4n) is 2.00. The van der Waals surface area contributed by atoms with Crippen molar-refractivity contribution in [2.45, 2.75) is 20.3 Å². The number of carbonyl (C=O) groups is 3. The Bertz CT molecular complexity index is 849. The summed E-state index contributed by atoms with van der Waals surface area (Å²) in [6.45, 7) is 3.62. The van der Waals surface area contributed by atoms with E-state index >= 15 is 0 Å². The van der Waals surface area contributed by atoms with Gasteiger partial charge in [-0.15, -0.1) is 4.91 Å². The van der Waals surface area contributed by atoms with E-state index in [1.54, 1.807) is 0 Å². The van der Waals surface area contributed by atoms with Crippen molar-refractivity contribution >= 4 is 39.3 Å². The number of nitrogens with one attached hydrogen (secondary N) is 3. The molecule has 0 aliphatic carbocycles. The molecule has 0 bridgehead atoms. The normalized spacial score (nSPS) is 10.1. The molecule has 2 amide bonds. The molecule has 10 heteroatoms. The van der Waals surface area contributed by atoms with Crippen LogP contribution in [0.25, 0.3) is 0 Å². The summed E-state index contributed by atoms with van der Waals surface area (Å²) in [4.78, 5) is 49.1. The zero-order valence-electron chi connectivity index (χ0n) is 14.1. The maximum Gasteiger partial charge on any atom is 0.343 e. The van der Waals surface area contributed by atoms with Crippen molar-refractivity contribution in [2.24, 2.45) is 5.18 Å². The van der Waals surface area contributed by atoms with E-state index in [9.17, 15) is 19.3 Å².